The second kappa shape index (κ2) is 6.64. The minimum atomic E-state index is -0.191. The molecule has 0 heterocycles. The molecule has 0 atom stereocenters. The van der Waals surface area contributed by atoms with Gasteiger partial charge in [-0.05, 0) is 62.1 Å². The lowest BCUT2D eigenvalue weighted by molar-refractivity contribution is 0.201. The number of halogens is 1. The van der Waals surface area contributed by atoms with Crippen LogP contribution < -0.4 is 0 Å². The molecule has 0 saturated heterocycles. The first-order valence-corrected chi connectivity index (χ1v) is 8.12. The van der Waals surface area contributed by atoms with Gasteiger partial charge in [-0.3, -0.25) is 0 Å². The van der Waals surface area contributed by atoms with Crippen LogP contribution in [-0.2, 0) is 6.42 Å². The first-order valence-electron chi connectivity index (χ1n) is 7.75. The molecule has 0 aromatic heterocycles. The van der Waals surface area contributed by atoms with Gasteiger partial charge in [0.1, 0.15) is 0 Å². The van der Waals surface area contributed by atoms with E-state index in [0.29, 0.717) is 0 Å². The summed E-state index contributed by atoms with van der Waals surface area (Å²) in [6.45, 7) is 4.30. The SMILES string of the molecule is CCCC1CCC(C#N)(Cc2ccc(C)cc2Cl)CC1. The Kier molecular flexibility index (Phi) is 5.11. The molecule has 20 heavy (non-hydrogen) atoms. The Hall–Kier alpha value is -1.00. The fraction of sp³-hybridized carbons (Fsp3) is 0.611. The number of hydrogen-bond donors (Lipinski definition) is 0. The van der Waals surface area contributed by atoms with Crippen LogP contribution >= 0.6 is 11.6 Å². The van der Waals surface area contributed by atoms with Crippen LogP contribution in [0.15, 0.2) is 18.2 Å². The fourth-order valence-corrected chi connectivity index (χ4v) is 3.72. The highest BCUT2D eigenvalue weighted by molar-refractivity contribution is 6.31. The van der Waals surface area contributed by atoms with Gasteiger partial charge in [0.15, 0.2) is 0 Å². The van der Waals surface area contributed by atoms with E-state index in [9.17, 15) is 5.26 Å². The maximum Gasteiger partial charge on any atom is 0.0693 e. The van der Waals surface area contributed by atoms with Gasteiger partial charge in [0.25, 0.3) is 0 Å². The van der Waals surface area contributed by atoms with Gasteiger partial charge in [-0.2, -0.15) is 5.26 Å². The van der Waals surface area contributed by atoms with Crippen molar-refractivity contribution in [2.45, 2.75) is 58.8 Å². The summed E-state index contributed by atoms with van der Waals surface area (Å²) in [5.41, 5.74) is 2.12. The first kappa shape index (κ1) is 15.4. The van der Waals surface area contributed by atoms with E-state index in [4.69, 9.17) is 11.6 Å². The molecule has 1 aromatic carbocycles. The predicted molar refractivity (Wildman–Crippen MR) is 84.8 cm³/mol. The lowest BCUT2D eigenvalue weighted by Gasteiger charge is -2.35. The van der Waals surface area contributed by atoms with Crippen LogP contribution in [0, 0.1) is 29.6 Å². The van der Waals surface area contributed by atoms with E-state index in [-0.39, 0.29) is 5.41 Å². The maximum atomic E-state index is 9.67. The van der Waals surface area contributed by atoms with Crippen LogP contribution in [0.4, 0.5) is 0 Å². The van der Waals surface area contributed by atoms with Crippen LogP contribution in [0.1, 0.15) is 56.6 Å². The summed E-state index contributed by atoms with van der Waals surface area (Å²) < 4.78 is 0. The Bertz CT molecular complexity index is 493. The Morgan fingerprint density at radius 2 is 2.05 bits per heavy atom. The number of nitriles is 1. The molecule has 1 aliphatic rings. The molecule has 0 amide bonds. The molecule has 0 N–H and O–H groups in total. The number of nitrogens with zero attached hydrogens (tertiary/aromatic N) is 1. The second-order valence-electron chi connectivity index (χ2n) is 6.40. The first-order chi connectivity index (χ1) is 9.58. The van der Waals surface area contributed by atoms with Crippen molar-refractivity contribution in [1.29, 1.82) is 5.26 Å². The molecule has 0 radical (unpaired) electrons. The van der Waals surface area contributed by atoms with E-state index in [1.807, 2.05) is 13.0 Å². The summed E-state index contributed by atoms with van der Waals surface area (Å²) in [6.07, 6.45) is 7.83. The van der Waals surface area contributed by atoms with Gasteiger partial charge in [-0.15, -0.1) is 0 Å². The van der Waals surface area contributed by atoms with E-state index in [1.165, 1.54) is 31.2 Å². The molecular weight excluding hydrogens is 266 g/mol. The highest BCUT2D eigenvalue weighted by atomic mass is 35.5. The molecule has 1 aliphatic carbocycles. The quantitative estimate of drug-likeness (QED) is 0.698. The van der Waals surface area contributed by atoms with Gasteiger partial charge in [0, 0.05) is 5.02 Å². The minimum Gasteiger partial charge on any atom is -0.198 e. The summed E-state index contributed by atoms with van der Waals surface area (Å²) in [5.74, 6) is 0.829. The largest absolute Gasteiger partial charge is 0.198 e. The van der Waals surface area contributed by atoms with Crippen molar-refractivity contribution in [3.63, 3.8) is 0 Å². The lowest BCUT2D eigenvalue weighted by Crippen LogP contribution is -2.28. The smallest absolute Gasteiger partial charge is 0.0693 e. The highest BCUT2D eigenvalue weighted by Gasteiger charge is 2.35. The second-order valence-corrected chi connectivity index (χ2v) is 6.80. The molecule has 0 spiro atoms. The normalized spacial score (nSPS) is 26.2. The van der Waals surface area contributed by atoms with Crippen LogP contribution in [0.25, 0.3) is 0 Å². The summed E-state index contributed by atoms with van der Waals surface area (Å²) in [7, 11) is 0. The minimum absolute atomic E-state index is 0.191. The summed E-state index contributed by atoms with van der Waals surface area (Å²) >= 11 is 6.34. The fourth-order valence-electron chi connectivity index (χ4n) is 3.42. The number of hydrogen-bond acceptors (Lipinski definition) is 1. The Morgan fingerprint density at radius 1 is 1.35 bits per heavy atom. The third kappa shape index (κ3) is 3.55. The molecule has 1 nitrogen and oxygen atoms in total. The average Bonchev–Trinajstić information content (AvgIpc) is 2.45. The third-order valence-electron chi connectivity index (χ3n) is 4.73. The Morgan fingerprint density at radius 3 is 2.60 bits per heavy atom. The van der Waals surface area contributed by atoms with E-state index in [1.54, 1.807) is 0 Å². The molecule has 0 unspecified atom stereocenters. The molecule has 108 valence electrons. The van der Waals surface area contributed by atoms with Crippen LogP contribution in [0.5, 0.6) is 0 Å². The molecular formula is C18H24ClN. The standard InChI is InChI=1S/C18H24ClN/c1-3-4-15-7-9-18(13-20,10-8-15)12-16-6-5-14(2)11-17(16)19/h5-6,11,15H,3-4,7-10,12H2,1-2H3. The van der Waals surface area contributed by atoms with Gasteiger partial charge in [-0.25, -0.2) is 0 Å². The summed E-state index contributed by atoms with van der Waals surface area (Å²) in [4.78, 5) is 0. The summed E-state index contributed by atoms with van der Waals surface area (Å²) in [5, 5.41) is 10.5. The topological polar surface area (TPSA) is 23.8 Å². The van der Waals surface area contributed by atoms with E-state index < -0.39 is 0 Å². The van der Waals surface area contributed by atoms with E-state index >= 15 is 0 Å². The van der Waals surface area contributed by atoms with Crippen molar-refractivity contribution in [2.75, 3.05) is 0 Å². The van der Waals surface area contributed by atoms with Crippen LogP contribution in [0.3, 0.4) is 0 Å². The molecule has 2 heteroatoms. The molecule has 1 aromatic rings. The molecule has 0 bridgehead atoms. The van der Waals surface area contributed by atoms with Crippen LogP contribution in [0.2, 0.25) is 5.02 Å². The summed E-state index contributed by atoms with van der Waals surface area (Å²) in [6, 6.07) is 8.80. The van der Waals surface area contributed by atoms with Crippen molar-refractivity contribution in [3.05, 3.63) is 34.3 Å². The zero-order chi connectivity index (χ0) is 14.6. The van der Waals surface area contributed by atoms with Crippen molar-refractivity contribution < 1.29 is 0 Å². The van der Waals surface area contributed by atoms with Crippen molar-refractivity contribution >= 4 is 11.6 Å². The van der Waals surface area contributed by atoms with Gasteiger partial charge in [0.2, 0.25) is 0 Å². The van der Waals surface area contributed by atoms with Gasteiger partial charge >= 0.3 is 0 Å². The van der Waals surface area contributed by atoms with E-state index in [2.05, 4.69) is 25.1 Å². The molecule has 0 aliphatic heterocycles. The molecule has 2 rings (SSSR count). The van der Waals surface area contributed by atoms with Crippen molar-refractivity contribution in [3.8, 4) is 6.07 Å². The lowest BCUT2D eigenvalue weighted by atomic mass is 9.67. The van der Waals surface area contributed by atoms with Gasteiger partial charge in [0.05, 0.1) is 11.5 Å². The highest BCUT2D eigenvalue weighted by Crippen LogP contribution is 2.43. The number of aryl methyl sites for hydroxylation is 1. The predicted octanol–water partition coefficient (Wildman–Crippen LogP) is 5.69. The Labute approximate surface area is 128 Å². The maximum absolute atomic E-state index is 9.67. The zero-order valence-electron chi connectivity index (χ0n) is 12.6. The Balaban J connectivity index is 2.08. The average molecular weight is 290 g/mol. The van der Waals surface area contributed by atoms with Gasteiger partial charge in [-0.1, -0.05) is 43.5 Å². The van der Waals surface area contributed by atoms with Crippen LogP contribution in [-0.4, -0.2) is 0 Å². The third-order valence-corrected chi connectivity index (χ3v) is 5.09. The van der Waals surface area contributed by atoms with E-state index in [0.717, 1.165) is 35.8 Å². The zero-order valence-corrected chi connectivity index (χ0v) is 13.3. The molecule has 1 saturated carbocycles. The monoisotopic (exact) mass is 289 g/mol. The molecule has 1 fully saturated rings. The van der Waals surface area contributed by atoms with Crippen molar-refractivity contribution in [1.82, 2.24) is 0 Å². The van der Waals surface area contributed by atoms with Gasteiger partial charge < -0.3 is 0 Å². The number of benzene rings is 1. The number of rotatable bonds is 4. The van der Waals surface area contributed by atoms with Crippen molar-refractivity contribution in [2.24, 2.45) is 11.3 Å².